The van der Waals surface area contributed by atoms with E-state index in [0.29, 0.717) is 12.5 Å². The first kappa shape index (κ1) is 10.5. The van der Waals surface area contributed by atoms with Gasteiger partial charge in [-0.1, -0.05) is 6.92 Å². The number of carbonyl (C=O) groups is 1. The quantitative estimate of drug-likeness (QED) is 0.663. The second kappa shape index (κ2) is 5.22. The normalized spacial score (nSPS) is 23.2. The molecule has 0 aromatic carbocycles. The molecule has 1 rings (SSSR count). The SMILES string of the molecule is CCOCC(=O)N1CCCC(C)C1. The van der Waals surface area contributed by atoms with Crippen molar-refractivity contribution in [3.8, 4) is 0 Å². The third kappa shape index (κ3) is 3.35. The summed E-state index contributed by atoms with van der Waals surface area (Å²) in [6.07, 6.45) is 2.39. The van der Waals surface area contributed by atoms with Gasteiger partial charge >= 0.3 is 0 Å². The van der Waals surface area contributed by atoms with Crippen LogP contribution in [0.25, 0.3) is 0 Å². The Balaban J connectivity index is 2.28. The van der Waals surface area contributed by atoms with E-state index < -0.39 is 0 Å². The Labute approximate surface area is 80.1 Å². The summed E-state index contributed by atoms with van der Waals surface area (Å²) in [5.41, 5.74) is 0. The van der Waals surface area contributed by atoms with Gasteiger partial charge in [0.25, 0.3) is 0 Å². The Bertz CT molecular complexity index is 170. The van der Waals surface area contributed by atoms with Crippen molar-refractivity contribution in [2.45, 2.75) is 26.7 Å². The first-order valence-corrected chi connectivity index (χ1v) is 5.09. The van der Waals surface area contributed by atoms with E-state index in [4.69, 9.17) is 4.74 Å². The minimum Gasteiger partial charge on any atom is -0.372 e. The smallest absolute Gasteiger partial charge is 0.248 e. The zero-order chi connectivity index (χ0) is 9.68. The second-order valence-corrected chi connectivity index (χ2v) is 3.72. The molecule has 1 aliphatic rings. The van der Waals surface area contributed by atoms with Crippen molar-refractivity contribution in [1.29, 1.82) is 0 Å². The maximum atomic E-state index is 11.5. The van der Waals surface area contributed by atoms with Crippen molar-refractivity contribution in [3.05, 3.63) is 0 Å². The lowest BCUT2D eigenvalue weighted by Crippen LogP contribution is -2.41. The lowest BCUT2D eigenvalue weighted by molar-refractivity contribution is -0.137. The van der Waals surface area contributed by atoms with Crippen molar-refractivity contribution in [1.82, 2.24) is 4.90 Å². The summed E-state index contributed by atoms with van der Waals surface area (Å²) in [6, 6.07) is 0. The molecule has 1 atom stereocenters. The van der Waals surface area contributed by atoms with Gasteiger partial charge in [-0.2, -0.15) is 0 Å². The van der Waals surface area contributed by atoms with Crippen LogP contribution in [0.15, 0.2) is 0 Å². The predicted octanol–water partition coefficient (Wildman–Crippen LogP) is 1.28. The largest absolute Gasteiger partial charge is 0.372 e. The molecule has 1 aliphatic heterocycles. The van der Waals surface area contributed by atoms with Crippen LogP contribution >= 0.6 is 0 Å². The van der Waals surface area contributed by atoms with Gasteiger partial charge in [0.2, 0.25) is 5.91 Å². The van der Waals surface area contributed by atoms with Crippen LogP contribution in [0, 0.1) is 5.92 Å². The molecular weight excluding hydrogens is 166 g/mol. The van der Waals surface area contributed by atoms with Crippen LogP contribution in [-0.4, -0.2) is 37.1 Å². The standard InChI is InChI=1S/C10H19NO2/c1-3-13-8-10(12)11-6-4-5-9(2)7-11/h9H,3-8H2,1-2H3. The van der Waals surface area contributed by atoms with Gasteiger partial charge in [0, 0.05) is 19.7 Å². The minimum absolute atomic E-state index is 0.147. The van der Waals surface area contributed by atoms with Crippen LogP contribution < -0.4 is 0 Å². The molecule has 1 heterocycles. The topological polar surface area (TPSA) is 29.5 Å². The van der Waals surface area contributed by atoms with E-state index in [-0.39, 0.29) is 12.5 Å². The molecule has 0 saturated carbocycles. The van der Waals surface area contributed by atoms with Gasteiger partial charge in [-0.15, -0.1) is 0 Å². The van der Waals surface area contributed by atoms with Crippen LogP contribution in [0.2, 0.25) is 0 Å². The fraction of sp³-hybridized carbons (Fsp3) is 0.900. The highest BCUT2D eigenvalue weighted by Gasteiger charge is 2.20. The van der Waals surface area contributed by atoms with Crippen LogP contribution in [-0.2, 0) is 9.53 Å². The lowest BCUT2D eigenvalue weighted by Gasteiger charge is -2.30. The van der Waals surface area contributed by atoms with Crippen LogP contribution in [0.1, 0.15) is 26.7 Å². The summed E-state index contributed by atoms with van der Waals surface area (Å²) >= 11 is 0. The molecule has 0 aliphatic carbocycles. The van der Waals surface area contributed by atoms with Gasteiger partial charge in [-0.3, -0.25) is 4.79 Å². The first-order valence-electron chi connectivity index (χ1n) is 5.09. The molecule has 0 bridgehead atoms. The van der Waals surface area contributed by atoms with Crippen molar-refractivity contribution in [3.63, 3.8) is 0 Å². The van der Waals surface area contributed by atoms with Crippen molar-refractivity contribution in [2.75, 3.05) is 26.3 Å². The molecule has 1 fully saturated rings. The van der Waals surface area contributed by atoms with Crippen molar-refractivity contribution in [2.24, 2.45) is 5.92 Å². The highest BCUT2D eigenvalue weighted by molar-refractivity contribution is 5.77. The monoisotopic (exact) mass is 185 g/mol. The maximum absolute atomic E-state index is 11.5. The predicted molar refractivity (Wildman–Crippen MR) is 51.5 cm³/mol. The molecule has 1 saturated heterocycles. The van der Waals surface area contributed by atoms with E-state index >= 15 is 0 Å². The minimum atomic E-state index is 0.147. The summed E-state index contributed by atoms with van der Waals surface area (Å²) < 4.78 is 5.09. The number of nitrogens with zero attached hydrogens (tertiary/aromatic N) is 1. The number of amides is 1. The van der Waals surface area contributed by atoms with Gasteiger partial charge in [0.05, 0.1) is 0 Å². The Morgan fingerprint density at radius 2 is 2.38 bits per heavy atom. The van der Waals surface area contributed by atoms with Gasteiger partial charge < -0.3 is 9.64 Å². The number of likely N-dealkylation sites (tertiary alicyclic amines) is 1. The van der Waals surface area contributed by atoms with Crippen LogP contribution in [0.3, 0.4) is 0 Å². The lowest BCUT2D eigenvalue weighted by atomic mass is 10.0. The van der Waals surface area contributed by atoms with Crippen LogP contribution in [0.4, 0.5) is 0 Å². The Hall–Kier alpha value is -0.570. The van der Waals surface area contributed by atoms with Crippen LogP contribution in [0.5, 0.6) is 0 Å². The molecule has 3 heteroatoms. The van der Waals surface area contributed by atoms with E-state index in [1.165, 1.54) is 6.42 Å². The average Bonchev–Trinajstić information content (AvgIpc) is 2.14. The number of hydrogen-bond donors (Lipinski definition) is 0. The Morgan fingerprint density at radius 3 is 3.00 bits per heavy atom. The Kier molecular flexibility index (Phi) is 4.22. The summed E-state index contributed by atoms with van der Waals surface area (Å²) in [4.78, 5) is 13.4. The molecule has 76 valence electrons. The van der Waals surface area contributed by atoms with Crippen molar-refractivity contribution < 1.29 is 9.53 Å². The van der Waals surface area contributed by atoms with E-state index in [9.17, 15) is 4.79 Å². The zero-order valence-electron chi connectivity index (χ0n) is 8.58. The zero-order valence-corrected chi connectivity index (χ0v) is 8.58. The molecule has 1 amide bonds. The highest BCUT2D eigenvalue weighted by Crippen LogP contribution is 2.15. The first-order chi connectivity index (χ1) is 6.24. The summed E-state index contributed by atoms with van der Waals surface area (Å²) in [6.45, 7) is 6.80. The van der Waals surface area contributed by atoms with Gasteiger partial charge in [0.1, 0.15) is 6.61 Å². The molecular formula is C10H19NO2. The maximum Gasteiger partial charge on any atom is 0.248 e. The molecule has 3 nitrogen and oxygen atoms in total. The molecule has 13 heavy (non-hydrogen) atoms. The number of ether oxygens (including phenoxy) is 1. The summed E-state index contributed by atoms with van der Waals surface area (Å²) in [7, 11) is 0. The molecule has 0 aromatic heterocycles. The third-order valence-corrected chi connectivity index (χ3v) is 2.44. The average molecular weight is 185 g/mol. The molecule has 0 N–H and O–H groups in total. The highest BCUT2D eigenvalue weighted by atomic mass is 16.5. The number of hydrogen-bond acceptors (Lipinski definition) is 2. The van der Waals surface area contributed by atoms with Crippen molar-refractivity contribution >= 4 is 5.91 Å². The van der Waals surface area contributed by atoms with Gasteiger partial charge in [0.15, 0.2) is 0 Å². The van der Waals surface area contributed by atoms with E-state index in [1.54, 1.807) is 0 Å². The number of carbonyl (C=O) groups excluding carboxylic acids is 1. The molecule has 1 unspecified atom stereocenters. The number of piperidine rings is 1. The summed E-state index contributed by atoms with van der Waals surface area (Å²) in [5, 5.41) is 0. The molecule has 0 aromatic rings. The fourth-order valence-electron chi connectivity index (χ4n) is 1.70. The third-order valence-electron chi connectivity index (χ3n) is 2.44. The number of rotatable bonds is 3. The van der Waals surface area contributed by atoms with Gasteiger partial charge in [-0.05, 0) is 25.7 Å². The summed E-state index contributed by atoms with van der Waals surface area (Å²) in [5.74, 6) is 0.799. The van der Waals surface area contributed by atoms with E-state index in [1.807, 2.05) is 11.8 Å². The Morgan fingerprint density at radius 1 is 1.62 bits per heavy atom. The second-order valence-electron chi connectivity index (χ2n) is 3.72. The molecule has 0 radical (unpaired) electrons. The fourth-order valence-corrected chi connectivity index (χ4v) is 1.70. The van der Waals surface area contributed by atoms with E-state index in [0.717, 1.165) is 19.5 Å². The molecule has 0 spiro atoms. The van der Waals surface area contributed by atoms with E-state index in [2.05, 4.69) is 6.92 Å². The van der Waals surface area contributed by atoms with Gasteiger partial charge in [-0.25, -0.2) is 0 Å².